The summed E-state index contributed by atoms with van der Waals surface area (Å²) in [7, 11) is -2.17. The number of piperidine rings is 1. The van der Waals surface area contributed by atoms with Gasteiger partial charge in [0.1, 0.15) is 12.3 Å². The molecule has 1 fully saturated rings. The lowest BCUT2D eigenvalue weighted by Crippen LogP contribution is -2.41. The zero-order valence-electron chi connectivity index (χ0n) is 18.2. The number of amides is 1. The van der Waals surface area contributed by atoms with Crippen LogP contribution >= 0.6 is 0 Å². The Morgan fingerprint density at radius 1 is 1.09 bits per heavy atom. The molecule has 0 aliphatic carbocycles. The van der Waals surface area contributed by atoms with Gasteiger partial charge in [-0.1, -0.05) is 18.2 Å². The van der Waals surface area contributed by atoms with E-state index in [-0.39, 0.29) is 24.5 Å². The molecule has 1 amide bonds. The van der Waals surface area contributed by atoms with Crippen molar-refractivity contribution < 1.29 is 27.5 Å². The first-order valence-electron chi connectivity index (χ1n) is 10.4. The van der Waals surface area contributed by atoms with Gasteiger partial charge in [0.05, 0.1) is 24.0 Å². The standard InChI is InChI=1S/C23H25N3O6S/c1-31-20-7-9-21(10-8-20)33(29,30)25-14-11-18(12-15-25)23(28)32-17-22(27)26(16-13-24)19-5-3-2-4-6-19/h2-10,18H,11-12,14-17H2,1H3. The largest absolute Gasteiger partial charge is 0.497 e. The van der Waals surface area contributed by atoms with Crippen LogP contribution in [0, 0.1) is 17.2 Å². The molecule has 1 aliphatic heterocycles. The molecule has 0 atom stereocenters. The van der Waals surface area contributed by atoms with Crippen LogP contribution in [-0.2, 0) is 24.3 Å². The SMILES string of the molecule is COc1ccc(S(=O)(=O)N2CCC(C(=O)OCC(=O)N(CC#N)c3ccccc3)CC2)cc1. The maximum atomic E-state index is 12.8. The Morgan fingerprint density at radius 3 is 2.30 bits per heavy atom. The van der Waals surface area contributed by atoms with Crippen LogP contribution in [0.25, 0.3) is 0 Å². The number of esters is 1. The van der Waals surface area contributed by atoms with E-state index in [4.69, 9.17) is 14.7 Å². The number of nitriles is 1. The van der Waals surface area contributed by atoms with Crippen LogP contribution in [0.3, 0.4) is 0 Å². The number of carbonyl (C=O) groups excluding carboxylic acids is 2. The van der Waals surface area contributed by atoms with E-state index in [0.29, 0.717) is 24.3 Å². The highest BCUT2D eigenvalue weighted by molar-refractivity contribution is 7.89. The maximum absolute atomic E-state index is 12.8. The Bertz CT molecular complexity index is 1110. The Kier molecular flexibility index (Phi) is 8.03. The molecule has 0 aromatic heterocycles. The molecule has 1 saturated heterocycles. The van der Waals surface area contributed by atoms with Gasteiger partial charge in [-0.15, -0.1) is 0 Å². The first-order chi connectivity index (χ1) is 15.9. The Hall–Kier alpha value is -3.42. The molecule has 9 nitrogen and oxygen atoms in total. The van der Waals surface area contributed by atoms with E-state index in [9.17, 15) is 18.0 Å². The van der Waals surface area contributed by atoms with Gasteiger partial charge in [-0.05, 0) is 49.2 Å². The third-order valence-electron chi connectivity index (χ3n) is 5.42. The third-order valence-corrected chi connectivity index (χ3v) is 7.33. The predicted octanol–water partition coefficient (Wildman–Crippen LogP) is 2.20. The number of anilines is 1. The maximum Gasteiger partial charge on any atom is 0.309 e. The summed E-state index contributed by atoms with van der Waals surface area (Å²) in [5.41, 5.74) is 0.539. The van der Waals surface area contributed by atoms with Crippen molar-refractivity contribution in [2.45, 2.75) is 17.7 Å². The molecule has 0 N–H and O–H groups in total. The van der Waals surface area contributed by atoms with Crippen molar-refractivity contribution in [2.75, 3.05) is 38.3 Å². The molecule has 0 radical (unpaired) electrons. The van der Waals surface area contributed by atoms with Crippen LogP contribution in [0.2, 0.25) is 0 Å². The molecule has 3 rings (SSSR count). The van der Waals surface area contributed by atoms with Crippen LogP contribution in [0.4, 0.5) is 5.69 Å². The number of benzene rings is 2. The minimum absolute atomic E-state index is 0.161. The summed E-state index contributed by atoms with van der Waals surface area (Å²) in [5, 5.41) is 9.02. The second kappa shape index (κ2) is 10.9. The van der Waals surface area contributed by atoms with Crippen LogP contribution < -0.4 is 9.64 Å². The fourth-order valence-electron chi connectivity index (χ4n) is 3.56. The van der Waals surface area contributed by atoms with Gasteiger partial charge in [0.2, 0.25) is 10.0 Å². The Balaban J connectivity index is 1.53. The summed E-state index contributed by atoms with van der Waals surface area (Å²) in [6.45, 7) is -0.304. The van der Waals surface area contributed by atoms with E-state index in [0.717, 1.165) is 0 Å². The highest BCUT2D eigenvalue weighted by atomic mass is 32.2. The zero-order chi connectivity index (χ0) is 23.8. The van der Waals surface area contributed by atoms with Crippen LogP contribution in [0.1, 0.15) is 12.8 Å². The topological polar surface area (TPSA) is 117 Å². The number of methoxy groups -OCH3 is 1. The number of hydrogen-bond donors (Lipinski definition) is 0. The van der Waals surface area contributed by atoms with E-state index in [1.807, 2.05) is 6.07 Å². The Morgan fingerprint density at radius 2 is 1.73 bits per heavy atom. The molecule has 0 unspecified atom stereocenters. The Labute approximate surface area is 193 Å². The number of nitrogens with zero attached hydrogens (tertiary/aromatic N) is 3. The van der Waals surface area contributed by atoms with Gasteiger partial charge in [-0.25, -0.2) is 8.42 Å². The first kappa shape index (κ1) is 24.2. The summed E-state index contributed by atoms with van der Waals surface area (Å²) in [6, 6.07) is 16.7. The minimum atomic E-state index is -3.68. The minimum Gasteiger partial charge on any atom is -0.497 e. The second-order valence-corrected chi connectivity index (χ2v) is 9.37. The van der Waals surface area contributed by atoms with Gasteiger partial charge in [-0.3, -0.25) is 14.5 Å². The normalized spacial score (nSPS) is 14.8. The molecule has 0 saturated carbocycles. The fourth-order valence-corrected chi connectivity index (χ4v) is 5.03. The molecule has 1 heterocycles. The number of rotatable bonds is 8. The molecule has 174 valence electrons. The average molecular weight is 472 g/mol. The number of carbonyl (C=O) groups is 2. The second-order valence-electron chi connectivity index (χ2n) is 7.44. The van der Waals surface area contributed by atoms with Gasteiger partial charge in [-0.2, -0.15) is 9.57 Å². The quantitative estimate of drug-likeness (QED) is 0.428. The lowest BCUT2D eigenvalue weighted by atomic mass is 9.98. The predicted molar refractivity (Wildman–Crippen MR) is 120 cm³/mol. The third kappa shape index (κ3) is 5.88. The lowest BCUT2D eigenvalue weighted by Gasteiger charge is -2.30. The molecule has 0 spiro atoms. The van der Waals surface area contributed by atoms with E-state index in [2.05, 4.69) is 0 Å². The average Bonchev–Trinajstić information content (AvgIpc) is 2.86. The molecule has 33 heavy (non-hydrogen) atoms. The summed E-state index contributed by atoms with van der Waals surface area (Å²) in [4.78, 5) is 26.4. The molecular weight excluding hydrogens is 446 g/mol. The van der Waals surface area contributed by atoms with Crippen molar-refractivity contribution in [3.8, 4) is 11.8 Å². The van der Waals surface area contributed by atoms with Crippen molar-refractivity contribution in [1.29, 1.82) is 5.26 Å². The summed E-state index contributed by atoms with van der Waals surface area (Å²) >= 11 is 0. The highest BCUT2D eigenvalue weighted by Crippen LogP contribution is 2.26. The fraction of sp³-hybridized carbons (Fsp3) is 0.348. The van der Waals surface area contributed by atoms with E-state index in [1.54, 1.807) is 42.5 Å². The summed E-state index contributed by atoms with van der Waals surface area (Å²) in [5.74, 6) is -0.989. The zero-order valence-corrected chi connectivity index (χ0v) is 19.0. The van der Waals surface area contributed by atoms with E-state index >= 15 is 0 Å². The molecular formula is C23H25N3O6S. The number of sulfonamides is 1. The number of hydrogen-bond acceptors (Lipinski definition) is 7. The summed E-state index contributed by atoms with van der Waals surface area (Å²) in [6.07, 6.45) is 0.589. The van der Waals surface area contributed by atoms with Gasteiger partial charge in [0, 0.05) is 18.8 Å². The number of ether oxygens (including phenoxy) is 2. The molecule has 0 bridgehead atoms. The van der Waals surface area contributed by atoms with Crippen LogP contribution in [0.5, 0.6) is 5.75 Å². The smallest absolute Gasteiger partial charge is 0.309 e. The van der Waals surface area contributed by atoms with Crippen molar-refractivity contribution >= 4 is 27.6 Å². The van der Waals surface area contributed by atoms with Crippen LogP contribution in [0.15, 0.2) is 59.5 Å². The first-order valence-corrected chi connectivity index (χ1v) is 11.8. The molecule has 2 aromatic rings. The highest BCUT2D eigenvalue weighted by Gasteiger charge is 2.33. The van der Waals surface area contributed by atoms with E-state index < -0.39 is 34.4 Å². The van der Waals surface area contributed by atoms with Gasteiger partial charge < -0.3 is 9.47 Å². The van der Waals surface area contributed by atoms with E-state index in [1.165, 1.54) is 28.4 Å². The van der Waals surface area contributed by atoms with Gasteiger partial charge >= 0.3 is 5.97 Å². The number of para-hydroxylation sites is 1. The molecule has 10 heteroatoms. The van der Waals surface area contributed by atoms with Gasteiger partial charge in [0.25, 0.3) is 5.91 Å². The molecule has 1 aliphatic rings. The van der Waals surface area contributed by atoms with Crippen molar-refractivity contribution in [3.63, 3.8) is 0 Å². The van der Waals surface area contributed by atoms with Crippen LogP contribution in [-0.4, -0.2) is 58.0 Å². The van der Waals surface area contributed by atoms with Crippen molar-refractivity contribution in [1.82, 2.24) is 4.31 Å². The van der Waals surface area contributed by atoms with Crippen molar-refractivity contribution in [3.05, 3.63) is 54.6 Å². The molecule has 2 aromatic carbocycles. The van der Waals surface area contributed by atoms with Gasteiger partial charge in [0.15, 0.2) is 6.61 Å². The monoisotopic (exact) mass is 471 g/mol. The lowest BCUT2D eigenvalue weighted by molar-refractivity contribution is -0.153. The summed E-state index contributed by atoms with van der Waals surface area (Å²) < 4.78 is 37.3. The van der Waals surface area contributed by atoms with Crippen molar-refractivity contribution in [2.24, 2.45) is 5.92 Å².